The Morgan fingerprint density at radius 3 is 2.43 bits per heavy atom. The molecule has 1 saturated carbocycles. The number of ketones is 1. The second kappa shape index (κ2) is 5.80. The standard InChI is InChI=1S/C17H19NO3/c19-15-10-6-2-5-9-13(15)14-11-16(20)18(17(14)21)12-7-3-1-4-8-12/h1,3-4,7-8,13-14H,2,5-6,9-11H2/t13?,14-/m1/s1. The van der Waals surface area contributed by atoms with Gasteiger partial charge in [0.2, 0.25) is 11.8 Å². The predicted octanol–water partition coefficient (Wildman–Crippen LogP) is 2.72. The van der Waals surface area contributed by atoms with Crippen molar-refractivity contribution >= 4 is 23.3 Å². The van der Waals surface area contributed by atoms with Gasteiger partial charge in [-0.2, -0.15) is 0 Å². The van der Waals surface area contributed by atoms with E-state index in [1.54, 1.807) is 24.3 Å². The second-order valence-electron chi connectivity index (χ2n) is 5.89. The van der Waals surface area contributed by atoms with E-state index in [9.17, 15) is 14.4 Å². The average Bonchev–Trinajstić information content (AvgIpc) is 2.64. The van der Waals surface area contributed by atoms with E-state index in [0.29, 0.717) is 12.1 Å². The van der Waals surface area contributed by atoms with Gasteiger partial charge in [-0.25, -0.2) is 0 Å². The van der Waals surface area contributed by atoms with Crippen molar-refractivity contribution < 1.29 is 14.4 Å². The van der Waals surface area contributed by atoms with E-state index >= 15 is 0 Å². The molecule has 0 radical (unpaired) electrons. The van der Waals surface area contributed by atoms with Crippen molar-refractivity contribution in [2.45, 2.75) is 38.5 Å². The molecule has 110 valence electrons. The largest absolute Gasteiger partial charge is 0.299 e. The van der Waals surface area contributed by atoms with Gasteiger partial charge in [0.15, 0.2) is 0 Å². The van der Waals surface area contributed by atoms with Crippen LogP contribution < -0.4 is 4.90 Å². The van der Waals surface area contributed by atoms with Crippen molar-refractivity contribution in [2.75, 3.05) is 4.90 Å². The van der Waals surface area contributed by atoms with Crippen molar-refractivity contribution in [3.8, 4) is 0 Å². The molecule has 0 bridgehead atoms. The lowest BCUT2D eigenvalue weighted by Crippen LogP contribution is -2.34. The summed E-state index contributed by atoms with van der Waals surface area (Å²) in [6.07, 6.45) is 4.38. The first-order chi connectivity index (χ1) is 10.2. The Hall–Kier alpha value is -1.97. The molecule has 1 heterocycles. The lowest BCUT2D eigenvalue weighted by molar-refractivity contribution is -0.130. The van der Waals surface area contributed by atoms with E-state index in [1.165, 1.54) is 4.90 Å². The Labute approximate surface area is 124 Å². The molecule has 1 saturated heterocycles. The first kappa shape index (κ1) is 14.0. The van der Waals surface area contributed by atoms with Crippen LogP contribution in [0.2, 0.25) is 0 Å². The zero-order valence-electron chi connectivity index (χ0n) is 12.0. The zero-order valence-corrected chi connectivity index (χ0v) is 12.0. The van der Waals surface area contributed by atoms with E-state index in [4.69, 9.17) is 0 Å². The maximum Gasteiger partial charge on any atom is 0.238 e. The Morgan fingerprint density at radius 1 is 0.905 bits per heavy atom. The molecule has 2 amide bonds. The SMILES string of the molecule is O=C1CCCCCC1[C@H]1CC(=O)N(c2ccccc2)C1=O. The van der Waals surface area contributed by atoms with Gasteiger partial charge in [-0.3, -0.25) is 19.3 Å². The van der Waals surface area contributed by atoms with Crippen LogP contribution in [-0.2, 0) is 14.4 Å². The van der Waals surface area contributed by atoms with Gasteiger partial charge in [0.25, 0.3) is 0 Å². The van der Waals surface area contributed by atoms with Crippen molar-refractivity contribution in [1.29, 1.82) is 0 Å². The molecule has 1 aliphatic carbocycles. The van der Waals surface area contributed by atoms with Crippen LogP contribution in [0.25, 0.3) is 0 Å². The van der Waals surface area contributed by atoms with Crippen molar-refractivity contribution in [2.24, 2.45) is 11.8 Å². The number of para-hydroxylation sites is 1. The Kier molecular flexibility index (Phi) is 3.86. The van der Waals surface area contributed by atoms with Gasteiger partial charge in [0, 0.05) is 18.8 Å². The molecule has 4 heteroatoms. The van der Waals surface area contributed by atoms with E-state index in [1.807, 2.05) is 6.07 Å². The first-order valence-electron chi connectivity index (χ1n) is 7.63. The maximum absolute atomic E-state index is 12.6. The highest BCUT2D eigenvalue weighted by atomic mass is 16.2. The zero-order chi connectivity index (χ0) is 14.8. The molecule has 3 rings (SSSR count). The fraction of sp³-hybridized carbons (Fsp3) is 0.471. The molecule has 2 fully saturated rings. The number of Topliss-reactive ketones (excluding diaryl/α,β-unsaturated/α-hetero) is 1. The van der Waals surface area contributed by atoms with Crippen LogP contribution in [0.15, 0.2) is 30.3 Å². The Morgan fingerprint density at radius 2 is 1.67 bits per heavy atom. The van der Waals surface area contributed by atoms with Gasteiger partial charge in [-0.1, -0.05) is 31.0 Å². The summed E-state index contributed by atoms with van der Waals surface area (Å²) in [4.78, 5) is 38.3. The number of imide groups is 1. The molecule has 0 aromatic heterocycles. The van der Waals surface area contributed by atoms with Gasteiger partial charge in [0.1, 0.15) is 5.78 Å². The normalized spacial score (nSPS) is 27.0. The molecule has 2 aliphatic rings. The Balaban J connectivity index is 1.84. The third-order valence-electron chi connectivity index (χ3n) is 4.53. The van der Waals surface area contributed by atoms with Crippen LogP contribution in [0.4, 0.5) is 5.69 Å². The number of amides is 2. The highest BCUT2D eigenvalue weighted by molar-refractivity contribution is 6.21. The molecule has 1 aliphatic heterocycles. The van der Waals surface area contributed by atoms with Gasteiger partial charge >= 0.3 is 0 Å². The predicted molar refractivity (Wildman–Crippen MR) is 78.6 cm³/mol. The summed E-state index contributed by atoms with van der Waals surface area (Å²) in [6, 6.07) is 8.97. The number of anilines is 1. The second-order valence-corrected chi connectivity index (χ2v) is 5.89. The van der Waals surface area contributed by atoms with Crippen LogP contribution in [0, 0.1) is 11.8 Å². The summed E-state index contributed by atoms with van der Waals surface area (Å²) in [5, 5.41) is 0. The van der Waals surface area contributed by atoms with Gasteiger partial charge in [0.05, 0.1) is 11.6 Å². The van der Waals surface area contributed by atoms with Gasteiger partial charge < -0.3 is 0 Å². The van der Waals surface area contributed by atoms with Crippen LogP contribution in [-0.4, -0.2) is 17.6 Å². The van der Waals surface area contributed by atoms with Gasteiger partial charge in [-0.15, -0.1) is 0 Å². The van der Waals surface area contributed by atoms with Crippen LogP contribution in [0.3, 0.4) is 0 Å². The maximum atomic E-state index is 12.6. The molecule has 0 N–H and O–H groups in total. The highest BCUT2D eigenvalue weighted by Gasteiger charge is 2.45. The minimum atomic E-state index is -0.455. The molecule has 21 heavy (non-hydrogen) atoms. The fourth-order valence-corrected chi connectivity index (χ4v) is 3.43. The van der Waals surface area contributed by atoms with Crippen LogP contribution in [0.1, 0.15) is 38.5 Å². The summed E-state index contributed by atoms with van der Waals surface area (Å²) < 4.78 is 0. The lowest BCUT2D eigenvalue weighted by atomic mass is 9.84. The molecule has 2 atom stereocenters. The number of hydrogen-bond acceptors (Lipinski definition) is 3. The minimum Gasteiger partial charge on any atom is -0.299 e. The Bertz CT molecular complexity index is 567. The molecule has 1 aromatic rings. The summed E-state index contributed by atoms with van der Waals surface area (Å²) in [5.74, 6) is -0.950. The number of carbonyl (C=O) groups is 3. The van der Waals surface area contributed by atoms with Crippen molar-refractivity contribution in [3.05, 3.63) is 30.3 Å². The van der Waals surface area contributed by atoms with E-state index < -0.39 is 5.92 Å². The van der Waals surface area contributed by atoms with Crippen LogP contribution >= 0.6 is 0 Å². The van der Waals surface area contributed by atoms with Crippen LogP contribution in [0.5, 0.6) is 0 Å². The summed E-state index contributed by atoms with van der Waals surface area (Å²) in [5.41, 5.74) is 0.607. The topological polar surface area (TPSA) is 54.5 Å². The number of benzene rings is 1. The molecule has 1 aromatic carbocycles. The molecule has 4 nitrogen and oxygen atoms in total. The van der Waals surface area contributed by atoms with E-state index in [-0.39, 0.29) is 29.9 Å². The number of hydrogen-bond donors (Lipinski definition) is 0. The van der Waals surface area contributed by atoms with Gasteiger partial charge in [-0.05, 0) is 25.0 Å². The van der Waals surface area contributed by atoms with E-state index in [2.05, 4.69) is 0 Å². The minimum absolute atomic E-state index is 0.161. The molecule has 0 spiro atoms. The number of nitrogens with zero attached hydrogens (tertiary/aromatic N) is 1. The average molecular weight is 285 g/mol. The quantitative estimate of drug-likeness (QED) is 0.620. The molecular formula is C17H19NO3. The lowest BCUT2D eigenvalue weighted by Gasteiger charge is -2.19. The summed E-state index contributed by atoms with van der Waals surface area (Å²) >= 11 is 0. The first-order valence-corrected chi connectivity index (χ1v) is 7.63. The monoisotopic (exact) mass is 285 g/mol. The number of carbonyl (C=O) groups excluding carboxylic acids is 3. The number of rotatable bonds is 2. The van der Waals surface area contributed by atoms with Crippen molar-refractivity contribution in [3.63, 3.8) is 0 Å². The molecule has 1 unspecified atom stereocenters. The smallest absolute Gasteiger partial charge is 0.238 e. The third-order valence-corrected chi connectivity index (χ3v) is 4.53. The highest BCUT2D eigenvalue weighted by Crippen LogP contribution is 2.35. The third kappa shape index (κ3) is 2.62. The fourth-order valence-electron chi connectivity index (χ4n) is 3.43. The van der Waals surface area contributed by atoms with Crippen molar-refractivity contribution in [1.82, 2.24) is 0 Å². The summed E-state index contributed by atoms with van der Waals surface area (Å²) in [6.45, 7) is 0. The van der Waals surface area contributed by atoms with E-state index in [0.717, 1.165) is 25.7 Å². The summed E-state index contributed by atoms with van der Waals surface area (Å²) in [7, 11) is 0. The molecular weight excluding hydrogens is 266 g/mol.